The van der Waals surface area contributed by atoms with Crippen LogP contribution in [0.4, 0.5) is 0 Å². The van der Waals surface area contributed by atoms with Gasteiger partial charge < -0.3 is 24.1 Å². The Labute approximate surface area is 230 Å². The van der Waals surface area contributed by atoms with E-state index in [1.54, 1.807) is 40.6 Å². The number of nitrogens with zero attached hydrogens (tertiary/aromatic N) is 1. The molecule has 0 aliphatic carbocycles. The van der Waals surface area contributed by atoms with E-state index in [4.69, 9.17) is 36.5 Å². The predicted octanol–water partition coefficient (Wildman–Crippen LogP) is 4.99. The van der Waals surface area contributed by atoms with E-state index in [0.717, 1.165) is 38.3 Å². The Hall–Kier alpha value is -4.58. The summed E-state index contributed by atoms with van der Waals surface area (Å²) >= 11 is 0. The summed E-state index contributed by atoms with van der Waals surface area (Å²) in [6.07, 6.45) is 5.94. The zero-order valence-corrected chi connectivity index (χ0v) is 23.0. The molecule has 0 bridgehead atoms. The van der Waals surface area contributed by atoms with Gasteiger partial charge in [0.25, 0.3) is 0 Å². The minimum absolute atomic E-state index is 0.222. The molecule has 10 nitrogen and oxygen atoms in total. The van der Waals surface area contributed by atoms with Crippen molar-refractivity contribution in [3.8, 4) is 28.7 Å². The fraction of sp³-hybridized carbons (Fsp3) is 0.138. The van der Waals surface area contributed by atoms with E-state index >= 15 is 0 Å². The Morgan fingerprint density at radius 2 is 1.23 bits per heavy atom. The van der Waals surface area contributed by atoms with Crippen LogP contribution in [0.3, 0.4) is 0 Å². The van der Waals surface area contributed by atoms with Gasteiger partial charge in [-0.3, -0.25) is 9.11 Å². The maximum absolute atomic E-state index is 10.3. The predicted molar refractivity (Wildman–Crippen MR) is 152 cm³/mol. The van der Waals surface area contributed by atoms with Crippen molar-refractivity contribution in [2.75, 3.05) is 28.4 Å². The van der Waals surface area contributed by atoms with Crippen LogP contribution in [0.15, 0.2) is 66.9 Å². The van der Waals surface area contributed by atoms with Gasteiger partial charge in [0.2, 0.25) is 11.2 Å². The second kappa shape index (κ2) is 11.7. The first kappa shape index (κ1) is 28.4. The highest BCUT2D eigenvalue weighted by atomic mass is 32.3. The summed E-state index contributed by atoms with van der Waals surface area (Å²) in [6, 6.07) is 19.4. The molecule has 0 aliphatic heterocycles. The largest absolute Gasteiger partial charge is 0.507 e. The summed E-state index contributed by atoms with van der Waals surface area (Å²) < 4.78 is 56.0. The number of pyridine rings is 2. The van der Waals surface area contributed by atoms with Gasteiger partial charge in [-0.1, -0.05) is 18.2 Å². The van der Waals surface area contributed by atoms with Crippen molar-refractivity contribution in [2.24, 2.45) is 0 Å². The molecule has 0 fully saturated rings. The highest BCUT2D eigenvalue weighted by Gasteiger charge is 2.20. The summed E-state index contributed by atoms with van der Waals surface area (Å²) in [5.41, 5.74) is 2.64. The molecule has 0 amide bonds. The van der Waals surface area contributed by atoms with Crippen molar-refractivity contribution in [3.05, 3.63) is 78.1 Å². The molecule has 3 aromatic carbocycles. The first-order chi connectivity index (χ1) is 19.1. The topological polar surface area (TPSA) is 136 Å². The van der Waals surface area contributed by atoms with Gasteiger partial charge >= 0.3 is 10.4 Å². The van der Waals surface area contributed by atoms with Crippen LogP contribution in [0.5, 0.6) is 28.7 Å². The van der Waals surface area contributed by atoms with Gasteiger partial charge in [0.1, 0.15) is 5.75 Å². The molecule has 40 heavy (non-hydrogen) atoms. The van der Waals surface area contributed by atoms with Gasteiger partial charge in [-0.05, 0) is 47.2 Å². The molecule has 0 spiro atoms. The number of aromatic hydroxyl groups is 1. The number of methoxy groups -OCH3 is 4. The summed E-state index contributed by atoms with van der Waals surface area (Å²) in [7, 11) is 1.86. The quantitative estimate of drug-likeness (QED) is 0.112. The molecule has 0 saturated carbocycles. The molecule has 0 aliphatic rings. The third-order valence-electron chi connectivity index (χ3n) is 6.24. The van der Waals surface area contributed by atoms with Crippen LogP contribution in [-0.4, -0.2) is 51.1 Å². The van der Waals surface area contributed by atoms with Crippen molar-refractivity contribution in [3.63, 3.8) is 0 Å². The average molecular weight is 567 g/mol. The van der Waals surface area contributed by atoms with Gasteiger partial charge in [0.15, 0.2) is 29.2 Å². The van der Waals surface area contributed by atoms with E-state index in [1.165, 1.54) is 0 Å². The number of phenols is 1. The number of hydrogen-bond donors (Lipinski definition) is 3. The molecule has 0 saturated heterocycles. The first-order valence-electron chi connectivity index (χ1n) is 11.8. The second-order valence-corrected chi connectivity index (χ2v) is 9.43. The first-order valence-corrected chi connectivity index (χ1v) is 13.2. The van der Waals surface area contributed by atoms with Gasteiger partial charge in [0.05, 0.1) is 39.2 Å². The number of rotatable bonds is 6. The highest BCUT2D eigenvalue weighted by molar-refractivity contribution is 7.79. The third kappa shape index (κ3) is 6.01. The molecule has 0 unspecified atom stereocenters. The normalized spacial score (nSPS) is 11.4. The van der Waals surface area contributed by atoms with Gasteiger partial charge in [-0.25, -0.2) is 0 Å². The fourth-order valence-corrected chi connectivity index (χ4v) is 4.46. The highest BCUT2D eigenvalue weighted by Crippen LogP contribution is 2.37. The monoisotopic (exact) mass is 566 g/mol. The molecule has 2 aromatic heterocycles. The number of benzene rings is 3. The SMILES string of the molecule is COc1cc2cc3c4cc(OC)c(OC)cc4cc[n+]3c(/C=C/c3ccccc3O)c2cc1OC.O=S(=O)(O)O. The van der Waals surface area contributed by atoms with Gasteiger partial charge in [0, 0.05) is 23.8 Å². The zero-order chi connectivity index (χ0) is 29.0. The second-order valence-electron chi connectivity index (χ2n) is 8.53. The van der Waals surface area contributed by atoms with Crippen LogP contribution in [-0.2, 0) is 10.4 Å². The van der Waals surface area contributed by atoms with Gasteiger partial charge in [-0.15, -0.1) is 0 Å². The van der Waals surface area contributed by atoms with Crippen molar-refractivity contribution < 1.29 is 46.0 Å². The Morgan fingerprint density at radius 1 is 0.700 bits per heavy atom. The number of hydrogen-bond acceptors (Lipinski definition) is 7. The molecular formula is C29H28NO9S+. The lowest BCUT2D eigenvalue weighted by atomic mass is 10.0. The van der Waals surface area contributed by atoms with Crippen LogP contribution < -0.4 is 23.3 Å². The Kier molecular flexibility index (Phi) is 8.29. The molecule has 0 radical (unpaired) electrons. The molecule has 2 heterocycles. The van der Waals surface area contributed by atoms with Crippen molar-refractivity contribution in [1.29, 1.82) is 0 Å². The third-order valence-corrected chi connectivity index (χ3v) is 6.24. The molecule has 3 N–H and O–H groups in total. The van der Waals surface area contributed by atoms with E-state index in [9.17, 15) is 5.11 Å². The zero-order valence-electron chi connectivity index (χ0n) is 22.2. The molecular weight excluding hydrogens is 538 g/mol. The Balaban J connectivity index is 0.000000681. The van der Waals surface area contributed by atoms with Crippen LogP contribution in [0.25, 0.3) is 39.2 Å². The molecule has 208 valence electrons. The standard InChI is InChI=1S/C29H25NO5.H2O4S/c1-32-26-14-19-11-12-30-23(10-9-18-7-5-6-8-25(18)31)22-17-29(35-4)27(33-2)15-20(22)13-24(30)21(19)16-28(26)34-3;1-5(2,3)4/h5-17H,1-4H3;(H2,1,2,3,4)/p+1. The lowest BCUT2D eigenvalue weighted by Gasteiger charge is -2.12. The maximum atomic E-state index is 10.3. The van der Waals surface area contributed by atoms with E-state index in [-0.39, 0.29) is 5.75 Å². The van der Waals surface area contributed by atoms with Crippen molar-refractivity contribution >= 4 is 49.6 Å². The van der Waals surface area contributed by atoms with Crippen LogP contribution in [0.1, 0.15) is 11.3 Å². The Bertz CT molecular complexity index is 1840. The summed E-state index contributed by atoms with van der Waals surface area (Å²) in [5.74, 6) is 2.85. The van der Waals surface area contributed by atoms with Crippen molar-refractivity contribution in [2.45, 2.75) is 0 Å². The van der Waals surface area contributed by atoms with E-state index in [0.29, 0.717) is 23.0 Å². The van der Waals surface area contributed by atoms with E-state index < -0.39 is 10.4 Å². The summed E-state index contributed by atoms with van der Waals surface area (Å²) in [6.45, 7) is 0. The Morgan fingerprint density at radius 3 is 1.80 bits per heavy atom. The molecule has 5 aromatic rings. The average Bonchev–Trinajstić information content (AvgIpc) is 2.93. The van der Waals surface area contributed by atoms with Crippen LogP contribution in [0.2, 0.25) is 0 Å². The lowest BCUT2D eigenvalue weighted by molar-refractivity contribution is -0.511. The van der Waals surface area contributed by atoms with Gasteiger partial charge in [-0.2, -0.15) is 12.8 Å². The lowest BCUT2D eigenvalue weighted by Crippen LogP contribution is -2.26. The smallest absolute Gasteiger partial charge is 0.394 e. The fourth-order valence-electron chi connectivity index (χ4n) is 4.46. The minimum Gasteiger partial charge on any atom is -0.507 e. The van der Waals surface area contributed by atoms with E-state index in [2.05, 4.69) is 10.5 Å². The van der Waals surface area contributed by atoms with Crippen molar-refractivity contribution in [1.82, 2.24) is 0 Å². The van der Waals surface area contributed by atoms with E-state index in [1.807, 2.05) is 60.8 Å². The van der Waals surface area contributed by atoms with Crippen LogP contribution in [0, 0.1) is 0 Å². The summed E-state index contributed by atoms with van der Waals surface area (Å²) in [4.78, 5) is 0. The molecule has 5 rings (SSSR count). The summed E-state index contributed by atoms with van der Waals surface area (Å²) in [5, 5.41) is 14.3. The van der Waals surface area contributed by atoms with Crippen LogP contribution >= 0.6 is 0 Å². The maximum Gasteiger partial charge on any atom is 0.394 e. The number of phenolic OH excluding ortho intramolecular Hbond substituents is 1. The minimum atomic E-state index is -4.67. The molecule has 0 atom stereocenters. The number of para-hydroxylation sites is 1. The number of ether oxygens (including phenoxy) is 4. The number of aromatic nitrogens is 1. The number of fused-ring (bicyclic) bond motifs is 4. The molecule has 11 heteroatoms.